The van der Waals surface area contributed by atoms with E-state index in [4.69, 9.17) is 18.0 Å². The molecule has 2 heterocycles. The fourth-order valence-corrected chi connectivity index (χ4v) is 2.69. The summed E-state index contributed by atoms with van der Waals surface area (Å²) in [4.78, 5) is 11.2. The highest BCUT2D eigenvalue weighted by Gasteiger charge is 2.16. The molecule has 2 aromatic rings. The smallest absolute Gasteiger partial charge is 0.107 e. The molecule has 0 bridgehead atoms. The van der Waals surface area contributed by atoms with Gasteiger partial charge in [0.15, 0.2) is 0 Å². The molecular formula is C16H20N4S. The molecule has 0 aromatic carbocycles. The molecule has 0 spiro atoms. The first-order valence-electron chi connectivity index (χ1n) is 6.94. The summed E-state index contributed by atoms with van der Waals surface area (Å²) in [6.45, 7) is 7.71. The van der Waals surface area contributed by atoms with E-state index in [0.29, 0.717) is 4.99 Å². The van der Waals surface area contributed by atoms with Crippen LogP contribution < -0.4 is 10.6 Å². The predicted octanol–water partition coefficient (Wildman–Crippen LogP) is 2.75. The first kappa shape index (κ1) is 15.4. The average molecular weight is 300 g/mol. The van der Waals surface area contributed by atoms with Gasteiger partial charge in [-0.05, 0) is 44.5 Å². The third-order valence-corrected chi connectivity index (χ3v) is 3.60. The van der Waals surface area contributed by atoms with Crippen molar-refractivity contribution in [2.75, 3.05) is 11.4 Å². The van der Waals surface area contributed by atoms with Crippen molar-refractivity contribution < 1.29 is 0 Å². The molecule has 0 atom stereocenters. The van der Waals surface area contributed by atoms with Crippen molar-refractivity contribution in [2.24, 2.45) is 5.73 Å². The molecule has 21 heavy (non-hydrogen) atoms. The minimum Gasteiger partial charge on any atom is -0.389 e. The Balaban J connectivity index is 2.44. The van der Waals surface area contributed by atoms with Gasteiger partial charge >= 0.3 is 0 Å². The van der Waals surface area contributed by atoms with Crippen LogP contribution in [-0.4, -0.2) is 21.5 Å². The molecular weight excluding hydrogens is 280 g/mol. The quantitative estimate of drug-likeness (QED) is 0.861. The molecule has 2 aromatic heterocycles. The molecule has 0 amide bonds. The number of anilines is 1. The van der Waals surface area contributed by atoms with Crippen LogP contribution in [0.2, 0.25) is 0 Å². The van der Waals surface area contributed by atoms with Crippen LogP contribution in [0.15, 0.2) is 30.6 Å². The van der Waals surface area contributed by atoms with Crippen molar-refractivity contribution in [2.45, 2.75) is 27.3 Å². The number of nitrogens with two attached hydrogens (primary N) is 1. The summed E-state index contributed by atoms with van der Waals surface area (Å²) in [6, 6.07) is 6.08. The maximum absolute atomic E-state index is 5.91. The molecule has 2 N–H and O–H groups in total. The topological polar surface area (TPSA) is 55.0 Å². The summed E-state index contributed by atoms with van der Waals surface area (Å²) in [5.41, 5.74) is 10.9. The Morgan fingerprint density at radius 1 is 1.29 bits per heavy atom. The SMILES string of the molecule is CCN(Cc1ccncc1)c1cc(C)nc(C)c1C(N)=S. The molecule has 2 rings (SSSR count). The molecule has 0 aliphatic heterocycles. The highest BCUT2D eigenvalue weighted by Crippen LogP contribution is 2.25. The summed E-state index contributed by atoms with van der Waals surface area (Å²) in [5.74, 6) is 0. The minimum absolute atomic E-state index is 0.392. The zero-order chi connectivity index (χ0) is 15.4. The second-order valence-electron chi connectivity index (χ2n) is 4.98. The van der Waals surface area contributed by atoms with Crippen LogP contribution in [0, 0.1) is 13.8 Å². The minimum atomic E-state index is 0.392. The van der Waals surface area contributed by atoms with Crippen molar-refractivity contribution in [3.63, 3.8) is 0 Å². The van der Waals surface area contributed by atoms with Gasteiger partial charge in [-0.15, -0.1) is 0 Å². The Labute approximate surface area is 131 Å². The first-order valence-corrected chi connectivity index (χ1v) is 7.35. The number of nitrogens with zero attached hydrogens (tertiary/aromatic N) is 3. The van der Waals surface area contributed by atoms with Gasteiger partial charge in [-0.2, -0.15) is 0 Å². The molecule has 110 valence electrons. The van der Waals surface area contributed by atoms with Gasteiger partial charge in [-0.3, -0.25) is 9.97 Å². The Bertz CT molecular complexity index is 640. The summed E-state index contributed by atoms with van der Waals surface area (Å²) in [6.07, 6.45) is 3.61. The van der Waals surface area contributed by atoms with E-state index < -0.39 is 0 Å². The van der Waals surface area contributed by atoms with Crippen molar-refractivity contribution in [1.82, 2.24) is 9.97 Å². The number of hydrogen-bond acceptors (Lipinski definition) is 4. The number of thiocarbonyl (C=S) groups is 1. The Hall–Kier alpha value is -2.01. The monoisotopic (exact) mass is 300 g/mol. The highest BCUT2D eigenvalue weighted by atomic mass is 32.1. The normalized spacial score (nSPS) is 10.4. The van der Waals surface area contributed by atoms with Gasteiger partial charge in [0.1, 0.15) is 4.99 Å². The van der Waals surface area contributed by atoms with E-state index in [1.165, 1.54) is 5.56 Å². The zero-order valence-corrected chi connectivity index (χ0v) is 13.4. The number of pyridine rings is 2. The van der Waals surface area contributed by atoms with E-state index in [0.717, 1.165) is 35.7 Å². The summed E-state index contributed by atoms with van der Waals surface area (Å²) >= 11 is 5.21. The van der Waals surface area contributed by atoms with E-state index in [9.17, 15) is 0 Å². The van der Waals surface area contributed by atoms with Gasteiger partial charge in [0.05, 0.1) is 11.3 Å². The molecule has 0 saturated carbocycles. The van der Waals surface area contributed by atoms with Crippen molar-refractivity contribution in [3.05, 3.63) is 53.1 Å². The molecule has 5 heteroatoms. The maximum Gasteiger partial charge on any atom is 0.107 e. The third kappa shape index (κ3) is 3.55. The average Bonchev–Trinajstić information content (AvgIpc) is 2.44. The fourth-order valence-electron chi connectivity index (χ4n) is 2.44. The lowest BCUT2D eigenvalue weighted by Crippen LogP contribution is -2.26. The molecule has 0 radical (unpaired) electrons. The fraction of sp³-hybridized carbons (Fsp3) is 0.312. The van der Waals surface area contributed by atoms with Gasteiger partial charge in [0.2, 0.25) is 0 Å². The van der Waals surface area contributed by atoms with E-state index in [-0.39, 0.29) is 0 Å². The molecule has 0 unspecified atom stereocenters. The van der Waals surface area contributed by atoms with Crippen molar-refractivity contribution >= 4 is 22.9 Å². The van der Waals surface area contributed by atoms with E-state index in [2.05, 4.69) is 21.8 Å². The standard InChI is InChI=1S/C16H20N4S/c1-4-20(10-13-5-7-18-8-6-13)14-9-11(2)19-12(3)15(14)16(17)21/h5-9H,4,10H2,1-3H3,(H2,17,21). The van der Waals surface area contributed by atoms with Crippen LogP contribution in [0.5, 0.6) is 0 Å². The van der Waals surface area contributed by atoms with E-state index in [1.54, 1.807) is 12.4 Å². The maximum atomic E-state index is 5.91. The lowest BCUT2D eigenvalue weighted by atomic mass is 10.1. The molecule has 0 aliphatic carbocycles. The summed E-state index contributed by atoms with van der Waals surface area (Å²) < 4.78 is 0. The largest absolute Gasteiger partial charge is 0.389 e. The van der Waals surface area contributed by atoms with Crippen LogP contribution in [-0.2, 0) is 6.54 Å². The van der Waals surface area contributed by atoms with Crippen LogP contribution in [0.4, 0.5) is 5.69 Å². The van der Waals surface area contributed by atoms with Crippen LogP contribution in [0.1, 0.15) is 29.4 Å². The van der Waals surface area contributed by atoms with Crippen LogP contribution >= 0.6 is 12.2 Å². The van der Waals surface area contributed by atoms with Crippen molar-refractivity contribution in [3.8, 4) is 0 Å². The molecule has 0 aliphatic rings. The first-order chi connectivity index (χ1) is 10.0. The Kier molecular flexibility index (Phi) is 4.85. The predicted molar refractivity (Wildman–Crippen MR) is 90.6 cm³/mol. The molecule has 0 saturated heterocycles. The highest BCUT2D eigenvalue weighted by molar-refractivity contribution is 7.80. The number of hydrogen-bond donors (Lipinski definition) is 1. The summed E-state index contributed by atoms with van der Waals surface area (Å²) in [7, 11) is 0. The molecule has 4 nitrogen and oxygen atoms in total. The van der Waals surface area contributed by atoms with Gasteiger partial charge in [0, 0.05) is 36.9 Å². The number of aryl methyl sites for hydroxylation is 2. The lowest BCUT2D eigenvalue weighted by molar-refractivity contribution is 0.825. The third-order valence-electron chi connectivity index (χ3n) is 3.40. The molecule has 0 fully saturated rings. The van der Waals surface area contributed by atoms with Crippen LogP contribution in [0.25, 0.3) is 0 Å². The number of rotatable bonds is 5. The Morgan fingerprint density at radius 2 is 1.95 bits per heavy atom. The van der Waals surface area contributed by atoms with Gasteiger partial charge < -0.3 is 10.6 Å². The second-order valence-corrected chi connectivity index (χ2v) is 5.42. The van der Waals surface area contributed by atoms with Crippen molar-refractivity contribution in [1.29, 1.82) is 0 Å². The van der Waals surface area contributed by atoms with Gasteiger partial charge in [-0.25, -0.2) is 0 Å². The second kappa shape index (κ2) is 6.63. The zero-order valence-electron chi connectivity index (χ0n) is 12.6. The van der Waals surface area contributed by atoms with E-state index in [1.807, 2.05) is 32.0 Å². The number of aromatic nitrogens is 2. The Morgan fingerprint density at radius 3 is 2.52 bits per heavy atom. The summed E-state index contributed by atoms with van der Waals surface area (Å²) in [5, 5.41) is 0. The van der Waals surface area contributed by atoms with E-state index >= 15 is 0 Å². The van der Waals surface area contributed by atoms with Crippen LogP contribution in [0.3, 0.4) is 0 Å². The van der Waals surface area contributed by atoms with Gasteiger partial charge in [-0.1, -0.05) is 12.2 Å². The van der Waals surface area contributed by atoms with Gasteiger partial charge in [0.25, 0.3) is 0 Å². The lowest BCUT2D eigenvalue weighted by Gasteiger charge is -2.26.